The molecule has 1 aromatic carbocycles. The van der Waals surface area contributed by atoms with Crippen LogP contribution in [0.25, 0.3) is 33.0 Å². The Kier molecular flexibility index (Phi) is 7.02. The van der Waals surface area contributed by atoms with Gasteiger partial charge in [0.15, 0.2) is 5.82 Å². The monoisotopic (exact) mass is 481 g/mol. The highest BCUT2D eigenvalue weighted by molar-refractivity contribution is 6.04. The molecular formula is C28H31N7O. The molecule has 8 nitrogen and oxygen atoms in total. The number of pyridine rings is 3. The van der Waals surface area contributed by atoms with Gasteiger partial charge in [-0.25, -0.2) is 9.97 Å². The van der Waals surface area contributed by atoms with Gasteiger partial charge in [0.1, 0.15) is 22.4 Å². The average molecular weight is 482 g/mol. The van der Waals surface area contributed by atoms with Crippen LogP contribution in [0.4, 0.5) is 5.82 Å². The molecule has 5 rings (SSSR count). The number of nitrogens with one attached hydrogen (secondary N) is 1. The fourth-order valence-electron chi connectivity index (χ4n) is 4.64. The van der Waals surface area contributed by atoms with Crippen LogP contribution in [0, 0.1) is 0 Å². The number of carbonyl (C=O) groups excluding carboxylic acids is 1. The van der Waals surface area contributed by atoms with Crippen LogP contribution in [-0.2, 0) is 24.2 Å². The number of aromatic nitrogens is 5. The number of carbonyl (C=O) groups is 1. The summed E-state index contributed by atoms with van der Waals surface area (Å²) in [5.41, 5.74) is 11.5. The van der Waals surface area contributed by atoms with E-state index in [-0.39, 0.29) is 5.91 Å². The van der Waals surface area contributed by atoms with E-state index in [0.717, 1.165) is 83.0 Å². The van der Waals surface area contributed by atoms with E-state index in [4.69, 9.17) is 10.7 Å². The van der Waals surface area contributed by atoms with Gasteiger partial charge in [-0.15, -0.1) is 0 Å². The molecule has 0 bridgehead atoms. The molecule has 0 aliphatic carbocycles. The number of fused-ring (bicyclic) bond motifs is 4. The number of benzene rings is 1. The summed E-state index contributed by atoms with van der Waals surface area (Å²) in [5, 5.41) is 4.11. The van der Waals surface area contributed by atoms with Crippen LogP contribution in [0.5, 0.6) is 0 Å². The van der Waals surface area contributed by atoms with E-state index in [1.165, 1.54) is 0 Å². The quantitative estimate of drug-likeness (QED) is 0.282. The second kappa shape index (κ2) is 10.7. The summed E-state index contributed by atoms with van der Waals surface area (Å²) < 4.78 is 2.25. The number of hydrogen-bond donors (Lipinski definition) is 2. The highest BCUT2D eigenvalue weighted by Crippen LogP contribution is 2.28. The van der Waals surface area contributed by atoms with Crippen LogP contribution >= 0.6 is 0 Å². The van der Waals surface area contributed by atoms with Crippen molar-refractivity contribution < 1.29 is 4.79 Å². The van der Waals surface area contributed by atoms with Crippen LogP contribution in [0.1, 0.15) is 44.0 Å². The molecular weight excluding hydrogens is 450 g/mol. The minimum Gasteiger partial charge on any atom is -0.382 e. The van der Waals surface area contributed by atoms with Gasteiger partial charge in [0.2, 0.25) is 5.91 Å². The maximum Gasteiger partial charge on any atom is 0.224 e. The lowest BCUT2D eigenvalue weighted by molar-refractivity contribution is -0.120. The lowest BCUT2D eigenvalue weighted by atomic mass is 10.1. The lowest BCUT2D eigenvalue weighted by Gasteiger charge is -2.11. The normalized spacial score (nSPS) is 11.5. The maximum absolute atomic E-state index is 12.5. The Hall–Kier alpha value is -4.07. The summed E-state index contributed by atoms with van der Waals surface area (Å²) in [5.74, 6) is 1.50. The topological polar surface area (TPSA) is 112 Å². The largest absolute Gasteiger partial charge is 0.382 e. The molecule has 0 atom stereocenters. The first kappa shape index (κ1) is 23.7. The van der Waals surface area contributed by atoms with Gasteiger partial charge in [-0.2, -0.15) is 0 Å². The van der Waals surface area contributed by atoms with E-state index in [0.29, 0.717) is 18.8 Å². The van der Waals surface area contributed by atoms with Crippen molar-refractivity contribution in [3.8, 4) is 0 Å². The number of hydrogen-bond acceptors (Lipinski definition) is 6. The van der Waals surface area contributed by atoms with E-state index in [2.05, 4.69) is 31.8 Å². The first-order chi connectivity index (χ1) is 17.6. The fourth-order valence-corrected chi connectivity index (χ4v) is 4.64. The van der Waals surface area contributed by atoms with E-state index in [1.807, 2.05) is 42.5 Å². The average Bonchev–Trinajstić information content (AvgIpc) is 3.26. The van der Waals surface area contributed by atoms with Gasteiger partial charge in [-0.1, -0.05) is 25.5 Å². The number of nitrogens with zero attached hydrogens (tertiary/aromatic N) is 5. The second-order valence-corrected chi connectivity index (χ2v) is 9.11. The van der Waals surface area contributed by atoms with Crippen LogP contribution in [-0.4, -0.2) is 37.0 Å². The third-order valence-corrected chi connectivity index (χ3v) is 6.46. The number of anilines is 1. The molecule has 4 aromatic heterocycles. The number of unbranched alkanes of at least 4 members (excludes halogenated alkanes) is 2. The zero-order chi connectivity index (χ0) is 24.9. The number of amides is 1. The van der Waals surface area contributed by atoms with Crippen molar-refractivity contribution >= 4 is 44.7 Å². The fraction of sp³-hybridized carbons (Fsp3) is 0.321. The van der Waals surface area contributed by atoms with Gasteiger partial charge < -0.3 is 15.6 Å². The van der Waals surface area contributed by atoms with Crippen LogP contribution in [0.15, 0.2) is 54.9 Å². The zero-order valence-corrected chi connectivity index (χ0v) is 20.6. The summed E-state index contributed by atoms with van der Waals surface area (Å²) in [7, 11) is 0. The minimum atomic E-state index is 0.0315. The van der Waals surface area contributed by atoms with Crippen LogP contribution in [0.2, 0.25) is 0 Å². The van der Waals surface area contributed by atoms with Crippen molar-refractivity contribution in [3.63, 3.8) is 0 Å². The van der Waals surface area contributed by atoms with Crippen molar-refractivity contribution in [2.24, 2.45) is 0 Å². The standard InChI is InChI=1S/C28H31N7O/c1-2-3-10-23-34-26-27(25-22(33-28(26)29)9-7-15-32-25)35(23)16-5-4-13-31-24(36)18-19-11-12-21-20(17-19)8-6-14-30-21/h6-9,11-12,14-15,17H,2-5,10,13,16,18H2,1H3,(H2,29,33)(H,31,36). The van der Waals surface area contributed by atoms with Gasteiger partial charge in [0.05, 0.1) is 17.5 Å². The SMILES string of the molecule is CCCCc1nc2c(N)nc3cccnc3c2n1CCCCNC(=O)Cc1ccc2ncccc2c1. The Morgan fingerprint density at radius 2 is 1.83 bits per heavy atom. The van der Waals surface area contributed by atoms with E-state index in [9.17, 15) is 4.79 Å². The lowest BCUT2D eigenvalue weighted by Crippen LogP contribution is -2.26. The van der Waals surface area contributed by atoms with Crippen LogP contribution in [0.3, 0.4) is 0 Å². The van der Waals surface area contributed by atoms with Crippen molar-refractivity contribution in [1.82, 2.24) is 29.8 Å². The van der Waals surface area contributed by atoms with Crippen molar-refractivity contribution in [3.05, 3.63) is 66.2 Å². The van der Waals surface area contributed by atoms with E-state index in [1.54, 1.807) is 12.4 Å². The Bertz CT molecular complexity index is 1530. The molecule has 0 saturated carbocycles. The van der Waals surface area contributed by atoms with Crippen molar-refractivity contribution in [2.75, 3.05) is 12.3 Å². The number of nitrogens with two attached hydrogens (primary N) is 1. The molecule has 0 unspecified atom stereocenters. The van der Waals surface area contributed by atoms with Gasteiger partial charge in [0.25, 0.3) is 0 Å². The van der Waals surface area contributed by atoms with E-state index < -0.39 is 0 Å². The molecule has 0 aliphatic rings. The van der Waals surface area contributed by atoms with Crippen LogP contribution < -0.4 is 11.1 Å². The smallest absolute Gasteiger partial charge is 0.224 e. The minimum absolute atomic E-state index is 0.0315. The third kappa shape index (κ3) is 4.98. The summed E-state index contributed by atoms with van der Waals surface area (Å²) in [4.78, 5) is 30.8. The Morgan fingerprint density at radius 3 is 2.72 bits per heavy atom. The molecule has 0 spiro atoms. The highest BCUT2D eigenvalue weighted by atomic mass is 16.1. The Morgan fingerprint density at radius 1 is 0.972 bits per heavy atom. The molecule has 8 heteroatoms. The van der Waals surface area contributed by atoms with Gasteiger partial charge in [0, 0.05) is 37.3 Å². The maximum atomic E-state index is 12.5. The molecule has 1 amide bonds. The predicted molar refractivity (Wildman–Crippen MR) is 144 cm³/mol. The molecule has 5 aromatic rings. The first-order valence-corrected chi connectivity index (χ1v) is 12.6. The Labute approximate surface area is 210 Å². The highest BCUT2D eigenvalue weighted by Gasteiger charge is 2.17. The van der Waals surface area contributed by atoms with Gasteiger partial charge in [-0.3, -0.25) is 14.8 Å². The molecule has 0 radical (unpaired) electrons. The Balaban J connectivity index is 1.23. The van der Waals surface area contributed by atoms with E-state index >= 15 is 0 Å². The predicted octanol–water partition coefficient (Wildman–Crippen LogP) is 4.59. The molecule has 3 N–H and O–H groups in total. The molecule has 184 valence electrons. The number of imidazole rings is 1. The number of rotatable bonds is 10. The summed E-state index contributed by atoms with van der Waals surface area (Å²) >= 11 is 0. The molecule has 36 heavy (non-hydrogen) atoms. The molecule has 4 heterocycles. The first-order valence-electron chi connectivity index (χ1n) is 12.6. The summed E-state index contributed by atoms with van der Waals surface area (Å²) in [6.07, 6.45) is 8.73. The van der Waals surface area contributed by atoms with Crippen molar-refractivity contribution in [2.45, 2.75) is 52.0 Å². The molecule has 0 saturated heterocycles. The summed E-state index contributed by atoms with van der Waals surface area (Å²) in [6, 6.07) is 13.7. The second-order valence-electron chi connectivity index (χ2n) is 9.11. The van der Waals surface area contributed by atoms with Gasteiger partial charge in [-0.05, 0) is 55.2 Å². The zero-order valence-electron chi connectivity index (χ0n) is 20.6. The van der Waals surface area contributed by atoms with Gasteiger partial charge >= 0.3 is 0 Å². The molecule has 0 aliphatic heterocycles. The van der Waals surface area contributed by atoms with Crippen molar-refractivity contribution in [1.29, 1.82) is 0 Å². The molecule has 0 fully saturated rings. The number of aryl methyl sites for hydroxylation is 2. The number of nitrogen functional groups attached to an aromatic ring is 1. The summed E-state index contributed by atoms with van der Waals surface area (Å²) in [6.45, 7) is 3.60. The third-order valence-electron chi connectivity index (χ3n) is 6.46.